The van der Waals surface area contributed by atoms with Crippen molar-refractivity contribution in [2.45, 2.75) is 23.9 Å². The highest BCUT2D eigenvalue weighted by Crippen LogP contribution is 2.28. The van der Waals surface area contributed by atoms with Crippen LogP contribution in [0.2, 0.25) is 0 Å². The number of hydrogen-bond donors (Lipinski definition) is 0. The van der Waals surface area contributed by atoms with E-state index in [2.05, 4.69) is 37.7 Å². The molecule has 0 radical (unpaired) electrons. The molecule has 1 aromatic carbocycles. The highest BCUT2D eigenvalue weighted by Gasteiger charge is 2.21. The number of nitrogens with zero attached hydrogens (tertiary/aromatic N) is 4. The lowest BCUT2D eigenvalue weighted by atomic mass is 10.1. The number of ketones is 1. The molecule has 0 saturated heterocycles. The molecule has 2 aromatic heterocycles. The van der Waals surface area contributed by atoms with Crippen LogP contribution in [-0.4, -0.2) is 30.8 Å². The number of rotatable bonds is 7. The van der Waals surface area contributed by atoms with Gasteiger partial charge in [-0.05, 0) is 31.2 Å². The van der Waals surface area contributed by atoms with Crippen LogP contribution in [0.5, 0.6) is 0 Å². The summed E-state index contributed by atoms with van der Waals surface area (Å²) in [4.78, 5) is 16.7. The second-order valence-electron chi connectivity index (χ2n) is 5.57. The van der Waals surface area contributed by atoms with Crippen molar-refractivity contribution >= 4 is 33.5 Å². The van der Waals surface area contributed by atoms with Crippen LogP contribution in [-0.2, 0) is 6.54 Å². The van der Waals surface area contributed by atoms with Crippen LogP contribution >= 0.6 is 27.7 Å². The third-order valence-corrected chi connectivity index (χ3v) is 5.36. The molecular weight excluding hydrogens is 412 g/mol. The van der Waals surface area contributed by atoms with E-state index < -0.39 is 0 Å². The van der Waals surface area contributed by atoms with Crippen LogP contribution in [0.4, 0.5) is 0 Å². The zero-order chi connectivity index (χ0) is 18.5. The van der Waals surface area contributed by atoms with E-state index in [9.17, 15) is 4.79 Å². The molecular formula is C19H17BrN4OS. The summed E-state index contributed by atoms with van der Waals surface area (Å²) in [6.07, 6.45) is 5.23. The fourth-order valence-electron chi connectivity index (χ4n) is 2.44. The fraction of sp³-hybridized carbons (Fsp3) is 0.158. The van der Waals surface area contributed by atoms with Crippen LogP contribution in [0.1, 0.15) is 17.3 Å². The standard InChI is InChI=1S/C19H17BrN4OS/c1-3-12-24-18(15-8-10-21-11-9-15)22-23-19(24)26-13(2)17(25)14-4-6-16(20)7-5-14/h3-11,13H,1,12H2,2H3/t13-/m1/s1. The van der Waals surface area contributed by atoms with Gasteiger partial charge in [0.2, 0.25) is 0 Å². The lowest BCUT2D eigenvalue weighted by Gasteiger charge is -2.12. The van der Waals surface area contributed by atoms with E-state index in [0.717, 1.165) is 15.9 Å². The molecule has 5 nitrogen and oxygen atoms in total. The molecule has 26 heavy (non-hydrogen) atoms. The molecule has 0 aliphatic heterocycles. The molecule has 0 N–H and O–H groups in total. The number of benzene rings is 1. The number of thioether (sulfide) groups is 1. The van der Waals surface area contributed by atoms with Crippen molar-refractivity contribution in [2.75, 3.05) is 0 Å². The first-order valence-electron chi connectivity index (χ1n) is 8.01. The topological polar surface area (TPSA) is 60.7 Å². The Labute approximate surface area is 164 Å². The molecule has 0 aliphatic carbocycles. The number of carbonyl (C=O) groups excluding carboxylic acids is 1. The molecule has 0 amide bonds. The van der Waals surface area contributed by atoms with Crippen molar-refractivity contribution in [1.82, 2.24) is 19.7 Å². The van der Waals surface area contributed by atoms with Gasteiger partial charge in [0.05, 0.1) is 5.25 Å². The van der Waals surface area contributed by atoms with E-state index in [-0.39, 0.29) is 11.0 Å². The van der Waals surface area contributed by atoms with Gasteiger partial charge in [-0.3, -0.25) is 14.3 Å². The van der Waals surface area contributed by atoms with Gasteiger partial charge in [-0.25, -0.2) is 0 Å². The second-order valence-corrected chi connectivity index (χ2v) is 7.80. The molecule has 0 fully saturated rings. The molecule has 0 bridgehead atoms. The third kappa shape index (κ3) is 4.11. The minimum atomic E-state index is -0.283. The lowest BCUT2D eigenvalue weighted by Crippen LogP contribution is -2.14. The van der Waals surface area contributed by atoms with E-state index in [0.29, 0.717) is 17.3 Å². The van der Waals surface area contributed by atoms with E-state index in [1.807, 2.05) is 47.9 Å². The SMILES string of the molecule is C=CCn1c(S[C@H](C)C(=O)c2ccc(Br)cc2)nnc1-c1ccncc1. The zero-order valence-electron chi connectivity index (χ0n) is 14.2. The van der Waals surface area contributed by atoms with Gasteiger partial charge in [0, 0.05) is 34.5 Å². The van der Waals surface area contributed by atoms with Crippen molar-refractivity contribution < 1.29 is 4.79 Å². The Kier molecular flexibility index (Phi) is 6.00. The van der Waals surface area contributed by atoms with Crippen LogP contribution in [0.25, 0.3) is 11.4 Å². The van der Waals surface area contributed by atoms with Gasteiger partial charge < -0.3 is 0 Å². The maximum Gasteiger partial charge on any atom is 0.192 e. The summed E-state index contributed by atoms with van der Waals surface area (Å²) in [5.74, 6) is 0.791. The smallest absolute Gasteiger partial charge is 0.192 e. The normalized spacial score (nSPS) is 11.9. The second kappa shape index (κ2) is 8.42. The van der Waals surface area contributed by atoms with Crippen LogP contribution in [0.15, 0.2) is 71.1 Å². The highest BCUT2D eigenvalue weighted by molar-refractivity contribution is 9.10. The quantitative estimate of drug-likeness (QED) is 0.311. The summed E-state index contributed by atoms with van der Waals surface area (Å²) in [6.45, 7) is 6.26. The summed E-state index contributed by atoms with van der Waals surface area (Å²) >= 11 is 4.78. The Hall–Kier alpha value is -2.25. The van der Waals surface area contributed by atoms with Gasteiger partial charge in [-0.1, -0.05) is 45.9 Å². The molecule has 132 valence electrons. The molecule has 2 heterocycles. The molecule has 0 unspecified atom stereocenters. The van der Waals surface area contributed by atoms with Gasteiger partial charge in [0.15, 0.2) is 16.8 Å². The molecule has 1 atom stereocenters. The molecule has 0 aliphatic rings. The van der Waals surface area contributed by atoms with Crippen LogP contribution in [0.3, 0.4) is 0 Å². The van der Waals surface area contributed by atoms with Crippen molar-refractivity contribution in [3.63, 3.8) is 0 Å². The number of halogens is 1. The van der Waals surface area contributed by atoms with Crippen molar-refractivity contribution in [3.8, 4) is 11.4 Å². The molecule has 0 saturated carbocycles. The van der Waals surface area contributed by atoms with Gasteiger partial charge in [-0.15, -0.1) is 16.8 Å². The maximum absolute atomic E-state index is 12.7. The van der Waals surface area contributed by atoms with Crippen LogP contribution < -0.4 is 0 Å². The number of aromatic nitrogens is 4. The summed E-state index contributed by atoms with van der Waals surface area (Å²) < 4.78 is 2.90. The van der Waals surface area contributed by atoms with E-state index >= 15 is 0 Å². The lowest BCUT2D eigenvalue weighted by molar-refractivity contribution is 0.0994. The van der Waals surface area contributed by atoms with Gasteiger partial charge in [-0.2, -0.15) is 0 Å². The Morgan fingerprint density at radius 3 is 2.58 bits per heavy atom. The number of pyridine rings is 1. The average molecular weight is 429 g/mol. The minimum absolute atomic E-state index is 0.0566. The Morgan fingerprint density at radius 2 is 1.92 bits per heavy atom. The highest BCUT2D eigenvalue weighted by atomic mass is 79.9. The summed E-state index contributed by atoms with van der Waals surface area (Å²) in [6, 6.07) is 11.1. The predicted octanol–water partition coefficient (Wildman–Crippen LogP) is 4.65. The Balaban J connectivity index is 1.85. The van der Waals surface area contributed by atoms with E-state index in [1.54, 1.807) is 18.5 Å². The molecule has 0 spiro atoms. The molecule has 3 aromatic rings. The Bertz CT molecular complexity index is 909. The number of hydrogen-bond acceptors (Lipinski definition) is 5. The predicted molar refractivity (Wildman–Crippen MR) is 107 cm³/mol. The van der Waals surface area contributed by atoms with Gasteiger partial charge in [0.1, 0.15) is 0 Å². The number of carbonyl (C=O) groups is 1. The summed E-state index contributed by atoms with van der Waals surface area (Å²) in [5.41, 5.74) is 1.60. The Morgan fingerprint density at radius 1 is 1.23 bits per heavy atom. The first kappa shape index (κ1) is 18.5. The van der Waals surface area contributed by atoms with Crippen LogP contribution in [0, 0.1) is 0 Å². The van der Waals surface area contributed by atoms with E-state index in [1.165, 1.54) is 11.8 Å². The maximum atomic E-state index is 12.7. The molecule has 7 heteroatoms. The largest absolute Gasteiger partial charge is 0.298 e. The molecule has 3 rings (SSSR count). The van der Waals surface area contributed by atoms with Crippen molar-refractivity contribution in [3.05, 3.63) is 71.5 Å². The number of allylic oxidation sites excluding steroid dienone is 1. The summed E-state index contributed by atoms with van der Waals surface area (Å²) in [5, 5.41) is 9.00. The zero-order valence-corrected chi connectivity index (χ0v) is 16.6. The average Bonchev–Trinajstić information content (AvgIpc) is 3.05. The number of Topliss-reactive ketones (excluding diaryl/α,β-unsaturated/α-hetero) is 1. The minimum Gasteiger partial charge on any atom is -0.298 e. The monoisotopic (exact) mass is 428 g/mol. The summed E-state index contributed by atoms with van der Waals surface area (Å²) in [7, 11) is 0. The van der Waals surface area contributed by atoms with Crippen molar-refractivity contribution in [1.29, 1.82) is 0 Å². The van der Waals surface area contributed by atoms with Gasteiger partial charge >= 0.3 is 0 Å². The first-order chi connectivity index (χ1) is 12.6. The first-order valence-corrected chi connectivity index (χ1v) is 9.68. The van der Waals surface area contributed by atoms with Gasteiger partial charge in [0.25, 0.3) is 0 Å². The van der Waals surface area contributed by atoms with Crippen molar-refractivity contribution in [2.24, 2.45) is 0 Å². The van der Waals surface area contributed by atoms with E-state index in [4.69, 9.17) is 0 Å². The third-order valence-electron chi connectivity index (χ3n) is 3.75. The fourth-order valence-corrected chi connectivity index (χ4v) is 3.64.